The SMILES string of the molecule is O=C1CCC(n2cc3cc(CNC(=O)Nc4ccc(CO)cc4)ccc3c2O)C(=O)N1. The van der Waals surface area contributed by atoms with Crippen molar-refractivity contribution in [2.45, 2.75) is 32.0 Å². The molecule has 1 aromatic heterocycles. The number of benzene rings is 2. The summed E-state index contributed by atoms with van der Waals surface area (Å²) in [6.45, 7) is 0.205. The van der Waals surface area contributed by atoms with Crippen LogP contribution in [0, 0.1) is 0 Å². The molecular formula is C22H22N4O5. The normalized spacial score (nSPS) is 16.2. The maximum atomic E-state index is 12.1. The number of aliphatic hydroxyl groups is 1. The molecule has 0 saturated carbocycles. The van der Waals surface area contributed by atoms with Crippen molar-refractivity contribution in [3.8, 4) is 5.88 Å². The third-order valence-electron chi connectivity index (χ3n) is 5.27. The molecule has 4 amide bonds. The fraction of sp³-hybridized carbons (Fsp3) is 0.227. The largest absolute Gasteiger partial charge is 0.494 e. The summed E-state index contributed by atoms with van der Waals surface area (Å²) in [5.41, 5.74) is 2.18. The number of hydrogen-bond acceptors (Lipinski definition) is 5. The number of amides is 4. The van der Waals surface area contributed by atoms with Crippen molar-refractivity contribution < 1.29 is 24.6 Å². The molecule has 5 N–H and O–H groups in total. The van der Waals surface area contributed by atoms with E-state index in [-0.39, 0.29) is 37.4 Å². The molecule has 1 aliphatic heterocycles. The highest BCUT2D eigenvalue weighted by molar-refractivity contribution is 6.00. The van der Waals surface area contributed by atoms with Crippen LogP contribution in [0.5, 0.6) is 5.88 Å². The maximum Gasteiger partial charge on any atom is 0.319 e. The van der Waals surface area contributed by atoms with Crippen LogP contribution in [0.25, 0.3) is 10.8 Å². The van der Waals surface area contributed by atoms with Crippen LogP contribution in [-0.4, -0.2) is 32.6 Å². The van der Waals surface area contributed by atoms with E-state index in [0.29, 0.717) is 17.5 Å². The number of carbonyl (C=O) groups excluding carboxylic acids is 3. The summed E-state index contributed by atoms with van der Waals surface area (Å²) in [5, 5.41) is 28.7. The van der Waals surface area contributed by atoms with Gasteiger partial charge in [-0.2, -0.15) is 0 Å². The number of aromatic nitrogens is 1. The van der Waals surface area contributed by atoms with Gasteiger partial charge in [0.1, 0.15) is 6.04 Å². The van der Waals surface area contributed by atoms with Crippen molar-refractivity contribution in [2.75, 3.05) is 5.32 Å². The van der Waals surface area contributed by atoms with Crippen LogP contribution in [0.2, 0.25) is 0 Å². The molecule has 0 aliphatic carbocycles. The molecule has 1 fully saturated rings. The van der Waals surface area contributed by atoms with Gasteiger partial charge in [0.15, 0.2) is 5.88 Å². The van der Waals surface area contributed by atoms with E-state index in [1.807, 2.05) is 6.07 Å². The average molecular weight is 422 g/mol. The number of imide groups is 1. The first-order chi connectivity index (χ1) is 14.9. The lowest BCUT2D eigenvalue weighted by Crippen LogP contribution is -2.41. The zero-order chi connectivity index (χ0) is 22.0. The number of piperidine rings is 1. The molecule has 2 heterocycles. The monoisotopic (exact) mass is 422 g/mol. The number of carbonyl (C=O) groups is 3. The van der Waals surface area contributed by atoms with Crippen molar-refractivity contribution in [2.24, 2.45) is 0 Å². The second-order valence-electron chi connectivity index (χ2n) is 7.41. The Balaban J connectivity index is 1.43. The topological polar surface area (TPSA) is 133 Å². The van der Waals surface area contributed by atoms with Crippen molar-refractivity contribution in [3.63, 3.8) is 0 Å². The van der Waals surface area contributed by atoms with Crippen LogP contribution in [0.15, 0.2) is 48.7 Å². The predicted octanol–water partition coefficient (Wildman–Crippen LogP) is 2.14. The quantitative estimate of drug-likeness (QED) is 0.402. The zero-order valence-corrected chi connectivity index (χ0v) is 16.6. The van der Waals surface area contributed by atoms with Gasteiger partial charge in [-0.05, 0) is 41.8 Å². The number of nitrogens with one attached hydrogen (secondary N) is 3. The van der Waals surface area contributed by atoms with Crippen molar-refractivity contribution in [3.05, 3.63) is 59.8 Å². The van der Waals surface area contributed by atoms with E-state index in [4.69, 9.17) is 5.11 Å². The Morgan fingerprint density at radius 2 is 1.87 bits per heavy atom. The van der Waals surface area contributed by atoms with Crippen LogP contribution in [0.4, 0.5) is 10.5 Å². The number of fused-ring (bicyclic) bond motifs is 1. The van der Waals surface area contributed by atoms with Gasteiger partial charge in [0.2, 0.25) is 11.8 Å². The minimum Gasteiger partial charge on any atom is -0.494 e. The standard InChI is InChI=1S/C22H22N4O5/c27-12-13-1-4-16(5-2-13)24-22(31)23-10-14-3-6-17-15(9-14)11-26(21(17)30)18-7-8-19(28)25-20(18)29/h1-6,9,11,18,27,30H,7-8,10,12H2,(H2,23,24,31)(H,25,28,29). The van der Waals surface area contributed by atoms with Gasteiger partial charge in [0, 0.05) is 35.6 Å². The van der Waals surface area contributed by atoms with Gasteiger partial charge in [-0.25, -0.2) is 4.79 Å². The second-order valence-corrected chi connectivity index (χ2v) is 7.41. The van der Waals surface area contributed by atoms with E-state index < -0.39 is 11.9 Å². The highest BCUT2D eigenvalue weighted by Gasteiger charge is 2.30. The summed E-state index contributed by atoms with van der Waals surface area (Å²) in [7, 11) is 0. The molecule has 2 aromatic carbocycles. The predicted molar refractivity (Wildman–Crippen MR) is 113 cm³/mol. The summed E-state index contributed by atoms with van der Waals surface area (Å²) < 4.78 is 1.48. The van der Waals surface area contributed by atoms with E-state index in [2.05, 4.69) is 16.0 Å². The second kappa shape index (κ2) is 8.49. The molecule has 1 aliphatic rings. The van der Waals surface area contributed by atoms with Crippen LogP contribution in [0.1, 0.15) is 30.0 Å². The number of hydrogen-bond donors (Lipinski definition) is 5. The molecule has 4 rings (SSSR count). The first-order valence-corrected chi connectivity index (χ1v) is 9.85. The minimum atomic E-state index is -0.644. The summed E-state index contributed by atoms with van der Waals surface area (Å²) in [6, 6.07) is 11.2. The number of rotatable bonds is 5. The molecule has 1 unspecified atom stereocenters. The zero-order valence-electron chi connectivity index (χ0n) is 16.6. The van der Waals surface area contributed by atoms with Gasteiger partial charge in [0.05, 0.1) is 6.61 Å². The van der Waals surface area contributed by atoms with Crippen LogP contribution in [-0.2, 0) is 22.7 Å². The summed E-state index contributed by atoms with van der Waals surface area (Å²) in [6.07, 6.45) is 2.22. The summed E-state index contributed by atoms with van der Waals surface area (Å²) in [5.74, 6) is -0.779. The smallest absolute Gasteiger partial charge is 0.319 e. The molecule has 3 aromatic rings. The van der Waals surface area contributed by atoms with Crippen molar-refractivity contribution in [1.82, 2.24) is 15.2 Å². The molecule has 160 valence electrons. The van der Waals surface area contributed by atoms with Gasteiger partial charge < -0.3 is 25.4 Å². The highest BCUT2D eigenvalue weighted by atomic mass is 16.3. The third kappa shape index (κ3) is 4.36. The molecule has 9 nitrogen and oxygen atoms in total. The fourth-order valence-corrected chi connectivity index (χ4v) is 3.62. The minimum absolute atomic E-state index is 0.0342. The van der Waals surface area contributed by atoms with Gasteiger partial charge in [-0.3, -0.25) is 14.9 Å². The van der Waals surface area contributed by atoms with E-state index in [9.17, 15) is 19.5 Å². The van der Waals surface area contributed by atoms with Crippen molar-refractivity contribution in [1.29, 1.82) is 0 Å². The maximum absolute atomic E-state index is 12.1. The Bertz CT molecular complexity index is 1150. The van der Waals surface area contributed by atoms with Gasteiger partial charge in [-0.1, -0.05) is 18.2 Å². The number of anilines is 1. The molecule has 9 heteroatoms. The van der Waals surface area contributed by atoms with Crippen LogP contribution >= 0.6 is 0 Å². The molecule has 0 bridgehead atoms. The Morgan fingerprint density at radius 1 is 1.13 bits per heavy atom. The lowest BCUT2D eigenvalue weighted by Gasteiger charge is -2.22. The third-order valence-corrected chi connectivity index (χ3v) is 5.27. The Morgan fingerprint density at radius 3 is 2.58 bits per heavy atom. The molecular weight excluding hydrogens is 400 g/mol. The number of nitrogens with zero attached hydrogens (tertiary/aromatic N) is 1. The van der Waals surface area contributed by atoms with Crippen molar-refractivity contribution >= 4 is 34.3 Å². The van der Waals surface area contributed by atoms with Crippen LogP contribution in [0.3, 0.4) is 0 Å². The van der Waals surface area contributed by atoms with Gasteiger partial charge in [-0.15, -0.1) is 0 Å². The lowest BCUT2D eigenvalue weighted by atomic mass is 10.1. The van der Waals surface area contributed by atoms with Gasteiger partial charge >= 0.3 is 6.03 Å². The Hall–Kier alpha value is -3.85. The first kappa shape index (κ1) is 20.4. The van der Waals surface area contributed by atoms with E-state index in [0.717, 1.165) is 16.5 Å². The summed E-state index contributed by atoms with van der Waals surface area (Å²) in [4.78, 5) is 35.6. The summed E-state index contributed by atoms with van der Waals surface area (Å²) >= 11 is 0. The first-order valence-electron chi connectivity index (χ1n) is 9.85. The van der Waals surface area contributed by atoms with E-state index in [1.165, 1.54) is 4.57 Å². The highest BCUT2D eigenvalue weighted by Crippen LogP contribution is 2.33. The van der Waals surface area contributed by atoms with E-state index >= 15 is 0 Å². The number of aliphatic hydroxyl groups excluding tert-OH is 1. The molecule has 0 radical (unpaired) electrons. The van der Waals surface area contributed by atoms with E-state index in [1.54, 1.807) is 42.6 Å². The number of urea groups is 1. The molecule has 1 saturated heterocycles. The molecule has 1 atom stereocenters. The lowest BCUT2D eigenvalue weighted by molar-refractivity contribution is -0.135. The van der Waals surface area contributed by atoms with Crippen LogP contribution < -0.4 is 16.0 Å². The average Bonchev–Trinajstić information content (AvgIpc) is 3.08. The Kier molecular flexibility index (Phi) is 5.59. The Labute approximate surface area is 177 Å². The fourth-order valence-electron chi connectivity index (χ4n) is 3.62. The number of aromatic hydroxyl groups is 1. The molecule has 31 heavy (non-hydrogen) atoms. The van der Waals surface area contributed by atoms with Gasteiger partial charge in [0.25, 0.3) is 0 Å². The molecule has 0 spiro atoms.